The number of carbonyl (C=O) groups excluding carboxylic acids is 1. The molecule has 0 radical (unpaired) electrons. The molecule has 0 aliphatic carbocycles. The van der Waals surface area contributed by atoms with E-state index in [2.05, 4.69) is 5.32 Å². The summed E-state index contributed by atoms with van der Waals surface area (Å²) in [6, 6.07) is 5.16. The number of halogens is 1. The lowest BCUT2D eigenvalue weighted by molar-refractivity contribution is -0.120. The molecule has 1 rings (SSSR count). The highest BCUT2D eigenvalue weighted by Gasteiger charge is 2.14. The van der Waals surface area contributed by atoms with E-state index in [1.807, 2.05) is 0 Å². The molecule has 70 valence electrons. The van der Waals surface area contributed by atoms with E-state index < -0.39 is 11.9 Å². The van der Waals surface area contributed by atoms with Gasteiger partial charge in [0.25, 0.3) is 0 Å². The highest BCUT2D eigenvalue weighted by Crippen LogP contribution is 2.12. The normalized spacial score (nSPS) is 12.5. The molecule has 3 N–H and O–H groups in total. The molecule has 0 saturated carbocycles. The van der Waals surface area contributed by atoms with Crippen LogP contribution >= 0.6 is 0 Å². The summed E-state index contributed by atoms with van der Waals surface area (Å²) in [4.78, 5) is 10.9. The molecule has 0 saturated heterocycles. The molecule has 0 aromatic heterocycles. The van der Waals surface area contributed by atoms with Gasteiger partial charge < -0.3 is 11.1 Å². The maximum absolute atomic E-state index is 12.7. The SMILES string of the molecule is CN[C@H](C(N)=O)c1cccc(F)c1. The summed E-state index contributed by atoms with van der Waals surface area (Å²) in [5, 5.41) is 2.70. The van der Waals surface area contributed by atoms with E-state index in [1.54, 1.807) is 13.1 Å². The van der Waals surface area contributed by atoms with Crippen LogP contribution in [0.1, 0.15) is 11.6 Å². The number of nitrogens with one attached hydrogen (secondary N) is 1. The van der Waals surface area contributed by atoms with Gasteiger partial charge in [0, 0.05) is 0 Å². The van der Waals surface area contributed by atoms with Crippen LogP contribution in [-0.2, 0) is 4.79 Å². The zero-order valence-corrected chi connectivity index (χ0v) is 7.25. The fourth-order valence-electron chi connectivity index (χ4n) is 1.16. The van der Waals surface area contributed by atoms with E-state index in [9.17, 15) is 9.18 Å². The van der Waals surface area contributed by atoms with Crippen molar-refractivity contribution >= 4 is 5.91 Å². The number of amides is 1. The van der Waals surface area contributed by atoms with Crippen molar-refractivity contribution in [2.45, 2.75) is 6.04 Å². The Morgan fingerprint density at radius 3 is 2.77 bits per heavy atom. The molecule has 0 heterocycles. The number of hydrogen-bond acceptors (Lipinski definition) is 2. The highest BCUT2D eigenvalue weighted by molar-refractivity contribution is 5.81. The molecule has 0 aliphatic heterocycles. The number of rotatable bonds is 3. The summed E-state index contributed by atoms with van der Waals surface area (Å²) in [5.41, 5.74) is 5.64. The van der Waals surface area contributed by atoms with Crippen molar-refractivity contribution in [1.82, 2.24) is 5.32 Å². The van der Waals surface area contributed by atoms with Gasteiger partial charge in [-0.2, -0.15) is 0 Å². The number of carbonyl (C=O) groups is 1. The molecular formula is C9H11FN2O. The van der Waals surface area contributed by atoms with Gasteiger partial charge in [-0.25, -0.2) is 4.39 Å². The predicted molar refractivity (Wildman–Crippen MR) is 47.4 cm³/mol. The standard InChI is InChI=1S/C9H11FN2O/c1-12-8(9(11)13)6-3-2-4-7(10)5-6/h2-5,8,12H,1H3,(H2,11,13)/t8-/m0/s1. The van der Waals surface area contributed by atoms with Crippen molar-refractivity contribution < 1.29 is 9.18 Å². The molecule has 1 amide bonds. The first-order valence-electron chi connectivity index (χ1n) is 3.87. The molecule has 0 spiro atoms. The summed E-state index contributed by atoms with van der Waals surface area (Å²) in [5.74, 6) is -0.896. The Morgan fingerprint density at radius 1 is 1.62 bits per heavy atom. The molecule has 4 heteroatoms. The van der Waals surface area contributed by atoms with Gasteiger partial charge in [0.15, 0.2) is 0 Å². The zero-order chi connectivity index (χ0) is 9.84. The largest absolute Gasteiger partial charge is 0.368 e. The van der Waals surface area contributed by atoms with Crippen molar-refractivity contribution in [1.29, 1.82) is 0 Å². The van der Waals surface area contributed by atoms with E-state index in [0.717, 1.165) is 0 Å². The third-order valence-corrected chi connectivity index (χ3v) is 1.76. The van der Waals surface area contributed by atoms with Crippen molar-refractivity contribution in [2.24, 2.45) is 5.73 Å². The molecule has 1 atom stereocenters. The Kier molecular flexibility index (Phi) is 2.97. The zero-order valence-electron chi connectivity index (χ0n) is 7.25. The van der Waals surface area contributed by atoms with Crippen LogP contribution in [0.15, 0.2) is 24.3 Å². The fourth-order valence-corrected chi connectivity index (χ4v) is 1.16. The minimum Gasteiger partial charge on any atom is -0.368 e. The van der Waals surface area contributed by atoms with Gasteiger partial charge in [-0.05, 0) is 24.7 Å². The number of primary amides is 1. The van der Waals surface area contributed by atoms with E-state index >= 15 is 0 Å². The van der Waals surface area contributed by atoms with Gasteiger partial charge in [-0.3, -0.25) is 4.79 Å². The van der Waals surface area contributed by atoms with Gasteiger partial charge in [-0.15, -0.1) is 0 Å². The number of likely N-dealkylation sites (N-methyl/N-ethyl adjacent to an activating group) is 1. The second kappa shape index (κ2) is 4.00. The third-order valence-electron chi connectivity index (χ3n) is 1.76. The summed E-state index contributed by atoms with van der Waals surface area (Å²) < 4.78 is 12.7. The Balaban J connectivity index is 2.98. The van der Waals surface area contributed by atoms with Crippen LogP contribution in [0.3, 0.4) is 0 Å². The fraction of sp³-hybridized carbons (Fsp3) is 0.222. The predicted octanol–water partition coefficient (Wildman–Crippen LogP) is 0.571. The van der Waals surface area contributed by atoms with Gasteiger partial charge in [-0.1, -0.05) is 12.1 Å². The smallest absolute Gasteiger partial charge is 0.239 e. The first-order chi connectivity index (χ1) is 6.15. The highest BCUT2D eigenvalue weighted by atomic mass is 19.1. The summed E-state index contributed by atoms with van der Waals surface area (Å²) >= 11 is 0. The lowest BCUT2D eigenvalue weighted by Crippen LogP contribution is -2.31. The molecule has 0 unspecified atom stereocenters. The molecule has 0 fully saturated rings. The first kappa shape index (κ1) is 9.67. The van der Waals surface area contributed by atoms with Gasteiger partial charge in [0.1, 0.15) is 11.9 Å². The maximum Gasteiger partial charge on any atom is 0.239 e. The molecule has 1 aromatic rings. The minimum absolute atomic E-state index is 0.376. The maximum atomic E-state index is 12.7. The molecule has 1 aromatic carbocycles. The van der Waals surface area contributed by atoms with E-state index in [0.29, 0.717) is 5.56 Å². The first-order valence-corrected chi connectivity index (χ1v) is 3.87. The van der Waals surface area contributed by atoms with Gasteiger partial charge >= 0.3 is 0 Å². The summed E-state index contributed by atoms with van der Waals surface area (Å²) in [7, 11) is 1.60. The molecular weight excluding hydrogens is 171 g/mol. The third kappa shape index (κ3) is 2.26. The van der Waals surface area contributed by atoms with Crippen molar-refractivity contribution in [3.63, 3.8) is 0 Å². The summed E-state index contributed by atoms with van der Waals surface area (Å²) in [6.07, 6.45) is 0. The van der Waals surface area contributed by atoms with Crippen LogP contribution in [0.2, 0.25) is 0 Å². The summed E-state index contributed by atoms with van der Waals surface area (Å²) in [6.45, 7) is 0. The Morgan fingerprint density at radius 2 is 2.31 bits per heavy atom. The number of nitrogens with two attached hydrogens (primary N) is 1. The van der Waals surface area contributed by atoms with Crippen molar-refractivity contribution in [3.8, 4) is 0 Å². The lowest BCUT2D eigenvalue weighted by Gasteiger charge is -2.11. The second-order valence-corrected chi connectivity index (χ2v) is 2.68. The van der Waals surface area contributed by atoms with Crippen molar-refractivity contribution in [2.75, 3.05) is 7.05 Å². The quantitative estimate of drug-likeness (QED) is 0.718. The lowest BCUT2D eigenvalue weighted by atomic mass is 10.1. The number of benzene rings is 1. The van der Waals surface area contributed by atoms with Crippen LogP contribution in [0.4, 0.5) is 4.39 Å². The minimum atomic E-state index is -0.629. The van der Waals surface area contributed by atoms with Crippen LogP contribution in [-0.4, -0.2) is 13.0 Å². The van der Waals surface area contributed by atoms with Gasteiger partial charge in [0.05, 0.1) is 0 Å². The second-order valence-electron chi connectivity index (χ2n) is 2.68. The molecule has 0 aliphatic rings. The van der Waals surface area contributed by atoms with Crippen LogP contribution < -0.4 is 11.1 Å². The topological polar surface area (TPSA) is 55.1 Å². The van der Waals surface area contributed by atoms with E-state index in [1.165, 1.54) is 18.2 Å². The van der Waals surface area contributed by atoms with Crippen LogP contribution in [0.25, 0.3) is 0 Å². The average molecular weight is 182 g/mol. The Hall–Kier alpha value is -1.42. The van der Waals surface area contributed by atoms with Crippen molar-refractivity contribution in [3.05, 3.63) is 35.6 Å². The molecule has 3 nitrogen and oxygen atoms in total. The molecule has 13 heavy (non-hydrogen) atoms. The van der Waals surface area contributed by atoms with Crippen LogP contribution in [0, 0.1) is 5.82 Å². The van der Waals surface area contributed by atoms with Gasteiger partial charge in [0.2, 0.25) is 5.91 Å². The Labute approximate surface area is 75.7 Å². The van der Waals surface area contributed by atoms with E-state index in [-0.39, 0.29) is 5.82 Å². The van der Waals surface area contributed by atoms with E-state index in [4.69, 9.17) is 5.73 Å². The average Bonchev–Trinajstić information content (AvgIpc) is 2.04. The monoisotopic (exact) mass is 182 g/mol. The number of hydrogen-bond donors (Lipinski definition) is 2. The Bertz CT molecular complexity index is 314. The molecule has 0 bridgehead atoms. The van der Waals surface area contributed by atoms with Crippen LogP contribution in [0.5, 0.6) is 0 Å².